The van der Waals surface area contributed by atoms with E-state index in [2.05, 4.69) is 15.6 Å². The number of carbonyl (C=O) groups excluding carboxylic acids is 1. The fraction of sp³-hybridized carbons (Fsp3) is 0.150. The van der Waals surface area contributed by atoms with Crippen LogP contribution in [0, 0.1) is 5.82 Å². The van der Waals surface area contributed by atoms with Crippen LogP contribution in [-0.2, 0) is 0 Å². The van der Waals surface area contributed by atoms with Crippen LogP contribution in [0.5, 0.6) is 17.2 Å². The third-order valence-corrected chi connectivity index (χ3v) is 4.01. The molecule has 29 heavy (non-hydrogen) atoms. The van der Waals surface area contributed by atoms with Gasteiger partial charge >= 0.3 is 12.0 Å². The molecular formula is C20H18FN3O5. The summed E-state index contributed by atoms with van der Waals surface area (Å²) in [5, 5.41) is 14.7. The normalized spacial score (nSPS) is 10.4. The van der Waals surface area contributed by atoms with E-state index in [9.17, 15) is 19.1 Å². The van der Waals surface area contributed by atoms with Gasteiger partial charge in [0.05, 0.1) is 18.3 Å². The number of fused-ring (bicyclic) bond motifs is 1. The number of carboxylic acids is 1. The first-order valence-electron chi connectivity index (χ1n) is 8.65. The number of benzene rings is 2. The molecule has 1 heterocycles. The summed E-state index contributed by atoms with van der Waals surface area (Å²) >= 11 is 0. The van der Waals surface area contributed by atoms with Crippen molar-refractivity contribution in [2.75, 3.05) is 19.0 Å². The second-order valence-corrected chi connectivity index (χ2v) is 5.91. The van der Waals surface area contributed by atoms with Gasteiger partial charge in [-0.25, -0.2) is 14.0 Å². The zero-order valence-corrected chi connectivity index (χ0v) is 15.7. The van der Waals surface area contributed by atoms with Gasteiger partial charge in [-0.3, -0.25) is 4.98 Å². The highest BCUT2D eigenvalue weighted by Gasteiger charge is 2.16. The van der Waals surface area contributed by atoms with Gasteiger partial charge < -0.3 is 25.2 Å². The molecule has 2 amide bonds. The smallest absolute Gasteiger partial charge is 0.339 e. The Hall–Kier alpha value is -3.88. The van der Waals surface area contributed by atoms with Crippen molar-refractivity contribution in [3.63, 3.8) is 0 Å². The molecule has 0 aliphatic carbocycles. The lowest BCUT2D eigenvalue weighted by Crippen LogP contribution is -2.28. The number of halogens is 1. The molecule has 0 saturated carbocycles. The van der Waals surface area contributed by atoms with E-state index in [-0.39, 0.29) is 22.7 Å². The molecule has 2 aromatic carbocycles. The predicted molar refractivity (Wildman–Crippen MR) is 104 cm³/mol. The SMILES string of the molecule is CCNC(=O)Nc1ccc(Oc2ccnc3cc(OC)c(C(=O)O)cc23)cc1F. The number of hydrogen-bond donors (Lipinski definition) is 3. The Morgan fingerprint density at radius 1 is 1.17 bits per heavy atom. The van der Waals surface area contributed by atoms with Gasteiger partial charge in [-0.2, -0.15) is 0 Å². The Labute approximate surface area is 165 Å². The van der Waals surface area contributed by atoms with Crippen molar-refractivity contribution in [1.29, 1.82) is 0 Å². The van der Waals surface area contributed by atoms with Gasteiger partial charge in [-0.1, -0.05) is 0 Å². The summed E-state index contributed by atoms with van der Waals surface area (Å²) in [5.41, 5.74) is 0.408. The van der Waals surface area contributed by atoms with Crippen molar-refractivity contribution >= 4 is 28.6 Å². The fourth-order valence-electron chi connectivity index (χ4n) is 2.69. The number of aromatic nitrogens is 1. The van der Waals surface area contributed by atoms with Crippen LogP contribution < -0.4 is 20.1 Å². The van der Waals surface area contributed by atoms with E-state index >= 15 is 0 Å². The van der Waals surface area contributed by atoms with Crippen LogP contribution in [-0.4, -0.2) is 35.7 Å². The molecule has 0 saturated heterocycles. The molecule has 0 aliphatic rings. The average molecular weight is 399 g/mol. The summed E-state index contributed by atoms with van der Waals surface area (Å²) in [5.74, 6) is -1.21. The summed E-state index contributed by atoms with van der Waals surface area (Å²) in [7, 11) is 1.37. The lowest BCUT2D eigenvalue weighted by Gasteiger charge is -2.12. The van der Waals surface area contributed by atoms with E-state index in [1.54, 1.807) is 13.0 Å². The average Bonchev–Trinajstić information content (AvgIpc) is 2.69. The molecule has 0 bridgehead atoms. The van der Waals surface area contributed by atoms with E-state index in [1.165, 1.54) is 37.6 Å². The zero-order valence-electron chi connectivity index (χ0n) is 15.7. The summed E-state index contributed by atoms with van der Waals surface area (Å²) in [6.45, 7) is 2.16. The molecule has 0 atom stereocenters. The minimum atomic E-state index is -1.16. The van der Waals surface area contributed by atoms with Crippen molar-refractivity contribution < 1.29 is 28.6 Å². The number of anilines is 1. The summed E-state index contributed by atoms with van der Waals surface area (Å²) in [6.07, 6.45) is 1.49. The quantitative estimate of drug-likeness (QED) is 0.578. The van der Waals surface area contributed by atoms with Gasteiger partial charge in [0.25, 0.3) is 0 Å². The van der Waals surface area contributed by atoms with Crippen molar-refractivity contribution in [3.8, 4) is 17.2 Å². The Balaban J connectivity index is 1.94. The molecule has 150 valence electrons. The number of methoxy groups -OCH3 is 1. The van der Waals surface area contributed by atoms with Gasteiger partial charge in [0.2, 0.25) is 0 Å². The molecule has 3 rings (SSSR count). The van der Waals surface area contributed by atoms with Crippen molar-refractivity contribution in [2.45, 2.75) is 6.92 Å². The van der Waals surface area contributed by atoms with Gasteiger partial charge in [0, 0.05) is 30.3 Å². The highest BCUT2D eigenvalue weighted by molar-refractivity contribution is 5.98. The van der Waals surface area contributed by atoms with Crippen molar-refractivity contribution in [3.05, 3.63) is 54.0 Å². The summed E-state index contributed by atoms with van der Waals surface area (Å²) < 4.78 is 25.2. The minimum Gasteiger partial charge on any atom is -0.496 e. The minimum absolute atomic E-state index is 0.000728. The maximum absolute atomic E-state index is 14.3. The number of aromatic carboxylic acids is 1. The maximum Gasteiger partial charge on any atom is 0.339 e. The third kappa shape index (κ3) is 4.34. The predicted octanol–water partition coefficient (Wildman–Crippen LogP) is 4.01. The second-order valence-electron chi connectivity index (χ2n) is 5.91. The monoisotopic (exact) mass is 399 g/mol. The molecule has 3 N–H and O–H groups in total. The van der Waals surface area contributed by atoms with Gasteiger partial charge in [0.15, 0.2) is 0 Å². The highest BCUT2D eigenvalue weighted by atomic mass is 19.1. The van der Waals surface area contributed by atoms with E-state index in [0.717, 1.165) is 6.07 Å². The van der Waals surface area contributed by atoms with E-state index < -0.39 is 17.8 Å². The number of amides is 2. The molecule has 0 radical (unpaired) electrons. The van der Waals surface area contributed by atoms with E-state index in [0.29, 0.717) is 23.2 Å². The van der Waals surface area contributed by atoms with Crippen molar-refractivity contribution in [1.82, 2.24) is 10.3 Å². The molecular weight excluding hydrogens is 381 g/mol. The molecule has 0 aliphatic heterocycles. The maximum atomic E-state index is 14.3. The van der Waals surface area contributed by atoms with Gasteiger partial charge in [-0.05, 0) is 31.2 Å². The first-order chi connectivity index (χ1) is 13.9. The highest BCUT2D eigenvalue weighted by Crippen LogP contribution is 2.34. The zero-order chi connectivity index (χ0) is 21.0. The van der Waals surface area contributed by atoms with E-state index in [1.807, 2.05) is 0 Å². The molecule has 0 fully saturated rings. The Kier molecular flexibility index (Phi) is 5.77. The van der Waals surface area contributed by atoms with Crippen LogP contribution in [0.4, 0.5) is 14.9 Å². The molecule has 0 unspecified atom stereocenters. The standard InChI is InChI=1S/C20H18FN3O5/c1-3-22-20(27)24-15-5-4-11(8-14(15)21)29-17-6-7-23-16-10-18(28-2)13(19(25)26)9-12(16)17/h4-10H,3H2,1-2H3,(H,25,26)(H2,22,24,27). The number of carboxylic acid groups (broad SMARTS) is 1. The second kappa shape index (κ2) is 8.42. The number of ether oxygens (including phenoxy) is 2. The van der Waals surface area contributed by atoms with Crippen LogP contribution in [0.15, 0.2) is 42.6 Å². The first kappa shape index (κ1) is 19.9. The van der Waals surface area contributed by atoms with Crippen LogP contribution in [0.1, 0.15) is 17.3 Å². The molecule has 1 aromatic heterocycles. The number of nitrogens with one attached hydrogen (secondary N) is 2. The van der Waals surface area contributed by atoms with Crippen LogP contribution in [0.3, 0.4) is 0 Å². The summed E-state index contributed by atoms with van der Waals surface area (Å²) in [4.78, 5) is 27.2. The molecule has 3 aromatic rings. The Morgan fingerprint density at radius 3 is 2.62 bits per heavy atom. The fourth-order valence-corrected chi connectivity index (χ4v) is 2.69. The largest absolute Gasteiger partial charge is 0.496 e. The Bertz CT molecular complexity index is 1090. The lowest BCUT2D eigenvalue weighted by atomic mass is 10.1. The third-order valence-electron chi connectivity index (χ3n) is 4.01. The Morgan fingerprint density at radius 2 is 1.97 bits per heavy atom. The van der Waals surface area contributed by atoms with E-state index in [4.69, 9.17) is 9.47 Å². The van der Waals surface area contributed by atoms with Crippen molar-refractivity contribution in [2.24, 2.45) is 0 Å². The molecule has 9 heteroatoms. The number of urea groups is 1. The van der Waals surface area contributed by atoms with Crippen LogP contribution in [0.25, 0.3) is 10.9 Å². The van der Waals surface area contributed by atoms with Gasteiger partial charge in [0.1, 0.15) is 28.6 Å². The molecule has 0 spiro atoms. The number of rotatable bonds is 6. The molecule has 8 nitrogen and oxygen atoms in total. The topological polar surface area (TPSA) is 110 Å². The number of carbonyl (C=O) groups is 2. The summed E-state index contributed by atoms with van der Waals surface area (Å²) in [6, 6.07) is 7.88. The van der Waals surface area contributed by atoms with Gasteiger partial charge in [-0.15, -0.1) is 0 Å². The number of nitrogens with zero attached hydrogens (tertiary/aromatic N) is 1. The number of hydrogen-bond acceptors (Lipinski definition) is 5. The van der Waals surface area contributed by atoms with Crippen LogP contribution >= 0.6 is 0 Å². The lowest BCUT2D eigenvalue weighted by molar-refractivity contribution is 0.0693. The number of pyridine rings is 1. The van der Waals surface area contributed by atoms with Crippen LogP contribution in [0.2, 0.25) is 0 Å². The first-order valence-corrected chi connectivity index (χ1v) is 8.65.